The van der Waals surface area contributed by atoms with Crippen LogP contribution >= 0.6 is 11.8 Å². The Labute approximate surface area is 112 Å². The van der Waals surface area contributed by atoms with Crippen molar-refractivity contribution in [3.8, 4) is 0 Å². The maximum absolute atomic E-state index is 12.5. The van der Waals surface area contributed by atoms with Crippen molar-refractivity contribution < 1.29 is 13.5 Å². The summed E-state index contributed by atoms with van der Waals surface area (Å²) < 4.78 is 26.2. The maximum Gasteiger partial charge on any atom is 0.246 e. The molecule has 1 rings (SSSR count). The molecule has 1 aromatic heterocycles. The highest BCUT2D eigenvalue weighted by molar-refractivity contribution is 7.98. The van der Waals surface area contributed by atoms with Crippen molar-refractivity contribution in [3.05, 3.63) is 11.4 Å². The second-order valence-electron chi connectivity index (χ2n) is 4.11. The Balaban J connectivity index is 3.17. The van der Waals surface area contributed by atoms with Crippen molar-refractivity contribution in [2.75, 3.05) is 19.1 Å². The molecule has 1 atom stereocenters. The summed E-state index contributed by atoms with van der Waals surface area (Å²) in [5.41, 5.74) is 0.609. The van der Waals surface area contributed by atoms with Crippen LogP contribution in [0.1, 0.15) is 18.3 Å². The van der Waals surface area contributed by atoms with Crippen molar-refractivity contribution in [2.24, 2.45) is 0 Å². The lowest BCUT2D eigenvalue weighted by Gasteiger charge is -2.23. The smallest absolute Gasteiger partial charge is 0.246 e. The summed E-state index contributed by atoms with van der Waals surface area (Å²) >= 11 is 1.59. The minimum Gasteiger partial charge on any atom is -0.390 e. The summed E-state index contributed by atoms with van der Waals surface area (Å²) in [6.07, 6.45) is 1.93. The topological polar surface area (TPSA) is 86.3 Å². The molecular weight excluding hydrogens is 274 g/mol. The van der Waals surface area contributed by atoms with Gasteiger partial charge in [-0.05, 0) is 20.1 Å². The molecular formula is C10H19N3O3S2. The number of aliphatic hydroxyl groups excluding tert-OH is 1. The third kappa shape index (κ3) is 2.87. The van der Waals surface area contributed by atoms with Gasteiger partial charge in [-0.2, -0.15) is 21.2 Å². The summed E-state index contributed by atoms with van der Waals surface area (Å²) in [6.45, 7) is 3.08. The third-order valence-corrected chi connectivity index (χ3v) is 5.77. The molecule has 8 heteroatoms. The number of nitrogens with one attached hydrogen (secondary N) is 1. The van der Waals surface area contributed by atoms with Gasteiger partial charge in [-0.15, -0.1) is 0 Å². The second kappa shape index (κ2) is 6.05. The fourth-order valence-electron chi connectivity index (χ4n) is 1.65. The molecule has 0 bridgehead atoms. The standard InChI is InChI=1S/C10H19N3O3S2/c1-7(6-17-4)13(3)18(15,16)10-8(2)11-12-9(10)5-14/h7,14H,5-6H2,1-4H3,(H,11,12). The number of H-pyrrole nitrogens is 1. The number of hydrogen-bond acceptors (Lipinski definition) is 5. The first kappa shape index (κ1) is 15.5. The average molecular weight is 293 g/mol. The molecule has 1 aromatic rings. The second-order valence-corrected chi connectivity index (χ2v) is 6.95. The van der Waals surface area contributed by atoms with E-state index in [9.17, 15) is 8.42 Å². The van der Waals surface area contributed by atoms with Gasteiger partial charge >= 0.3 is 0 Å². The van der Waals surface area contributed by atoms with Crippen molar-refractivity contribution in [1.29, 1.82) is 0 Å². The van der Waals surface area contributed by atoms with Crippen LogP contribution in [0.25, 0.3) is 0 Å². The van der Waals surface area contributed by atoms with Gasteiger partial charge in [-0.1, -0.05) is 0 Å². The van der Waals surface area contributed by atoms with E-state index >= 15 is 0 Å². The van der Waals surface area contributed by atoms with E-state index in [4.69, 9.17) is 5.11 Å². The lowest BCUT2D eigenvalue weighted by atomic mass is 10.4. The highest BCUT2D eigenvalue weighted by Gasteiger charge is 2.30. The van der Waals surface area contributed by atoms with E-state index in [0.29, 0.717) is 11.4 Å². The van der Waals surface area contributed by atoms with Crippen LogP contribution in [-0.4, -0.2) is 53.1 Å². The van der Waals surface area contributed by atoms with Crippen LogP contribution < -0.4 is 0 Å². The number of rotatable bonds is 6. The zero-order chi connectivity index (χ0) is 13.9. The van der Waals surface area contributed by atoms with Crippen LogP contribution in [0.15, 0.2) is 4.90 Å². The van der Waals surface area contributed by atoms with Crippen LogP contribution in [-0.2, 0) is 16.6 Å². The molecule has 0 aliphatic rings. The molecule has 2 N–H and O–H groups in total. The van der Waals surface area contributed by atoms with Crippen LogP contribution in [0.3, 0.4) is 0 Å². The van der Waals surface area contributed by atoms with Crippen molar-refractivity contribution >= 4 is 21.8 Å². The number of sulfonamides is 1. The van der Waals surface area contributed by atoms with Gasteiger partial charge < -0.3 is 5.11 Å². The lowest BCUT2D eigenvalue weighted by molar-refractivity contribution is 0.273. The average Bonchev–Trinajstić information content (AvgIpc) is 2.70. The van der Waals surface area contributed by atoms with E-state index in [0.717, 1.165) is 0 Å². The normalized spacial score (nSPS) is 14.1. The minimum absolute atomic E-state index is 0.0838. The number of aromatic amines is 1. The summed E-state index contributed by atoms with van der Waals surface area (Å²) in [6, 6.07) is -0.120. The van der Waals surface area contributed by atoms with E-state index in [2.05, 4.69) is 10.2 Å². The summed E-state index contributed by atoms with van der Waals surface area (Å²) in [5.74, 6) is 0.709. The molecule has 0 saturated heterocycles. The van der Waals surface area contributed by atoms with Gasteiger partial charge in [0.15, 0.2) is 0 Å². The highest BCUT2D eigenvalue weighted by atomic mass is 32.2. The van der Waals surface area contributed by atoms with Crippen molar-refractivity contribution in [2.45, 2.75) is 31.4 Å². The third-order valence-electron chi connectivity index (χ3n) is 2.78. The van der Waals surface area contributed by atoms with Gasteiger partial charge in [0.05, 0.1) is 12.3 Å². The Morgan fingerprint density at radius 3 is 2.67 bits per heavy atom. The van der Waals surface area contributed by atoms with E-state index in [1.807, 2.05) is 13.2 Å². The molecule has 0 spiro atoms. The predicted octanol–water partition coefficient (Wildman–Crippen LogP) is 0.582. The minimum atomic E-state index is -3.62. The first-order chi connectivity index (χ1) is 8.36. The summed E-state index contributed by atoms with van der Waals surface area (Å²) in [7, 11) is -2.08. The zero-order valence-electron chi connectivity index (χ0n) is 11.0. The number of aliphatic hydroxyl groups is 1. The number of hydrogen-bond donors (Lipinski definition) is 2. The Kier molecular flexibility index (Phi) is 5.20. The predicted molar refractivity (Wildman–Crippen MR) is 72.0 cm³/mol. The molecule has 6 nitrogen and oxygen atoms in total. The van der Waals surface area contributed by atoms with Gasteiger partial charge in [0.25, 0.3) is 0 Å². The fraction of sp³-hybridized carbons (Fsp3) is 0.700. The lowest BCUT2D eigenvalue weighted by Crippen LogP contribution is -2.37. The van der Waals surface area contributed by atoms with Crippen LogP contribution in [0.4, 0.5) is 0 Å². The fourth-order valence-corrected chi connectivity index (χ4v) is 4.12. The number of nitrogens with zero attached hydrogens (tertiary/aromatic N) is 2. The van der Waals surface area contributed by atoms with Crippen molar-refractivity contribution in [1.82, 2.24) is 14.5 Å². The summed E-state index contributed by atoms with van der Waals surface area (Å²) in [5, 5.41) is 15.6. The van der Waals surface area contributed by atoms with Crippen LogP contribution in [0, 0.1) is 6.92 Å². The maximum atomic E-state index is 12.5. The molecule has 0 saturated carbocycles. The molecule has 0 amide bonds. The zero-order valence-corrected chi connectivity index (χ0v) is 12.6. The van der Waals surface area contributed by atoms with Crippen LogP contribution in [0.5, 0.6) is 0 Å². The van der Waals surface area contributed by atoms with E-state index in [1.165, 1.54) is 4.31 Å². The van der Waals surface area contributed by atoms with E-state index in [1.54, 1.807) is 25.7 Å². The molecule has 0 aliphatic carbocycles. The Morgan fingerprint density at radius 2 is 2.17 bits per heavy atom. The summed E-state index contributed by atoms with van der Waals surface area (Å²) in [4.78, 5) is 0.0838. The van der Waals surface area contributed by atoms with Gasteiger partial charge in [-0.25, -0.2) is 8.42 Å². The molecule has 0 radical (unpaired) electrons. The molecule has 18 heavy (non-hydrogen) atoms. The Hall–Kier alpha value is -0.570. The number of aromatic nitrogens is 2. The highest BCUT2D eigenvalue weighted by Crippen LogP contribution is 2.23. The number of aryl methyl sites for hydroxylation is 1. The molecule has 0 aromatic carbocycles. The molecule has 104 valence electrons. The van der Waals surface area contributed by atoms with E-state index < -0.39 is 16.6 Å². The SMILES string of the molecule is CSCC(C)N(C)S(=O)(=O)c1c(CO)n[nH]c1C. The number of thioether (sulfide) groups is 1. The van der Waals surface area contributed by atoms with Gasteiger partial charge in [0.2, 0.25) is 10.0 Å². The molecule has 0 fully saturated rings. The monoisotopic (exact) mass is 293 g/mol. The first-order valence-corrected chi connectivity index (χ1v) is 8.31. The van der Waals surface area contributed by atoms with Gasteiger partial charge in [0, 0.05) is 18.8 Å². The first-order valence-electron chi connectivity index (χ1n) is 5.47. The Bertz CT molecular complexity index is 498. The Morgan fingerprint density at radius 1 is 1.56 bits per heavy atom. The van der Waals surface area contributed by atoms with Gasteiger partial charge in [-0.3, -0.25) is 5.10 Å². The molecule has 0 aliphatic heterocycles. The van der Waals surface area contributed by atoms with Gasteiger partial charge in [0.1, 0.15) is 10.6 Å². The quantitative estimate of drug-likeness (QED) is 0.801. The van der Waals surface area contributed by atoms with E-state index in [-0.39, 0.29) is 16.6 Å². The van der Waals surface area contributed by atoms with Crippen molar-refractivity contribution in [3.63, 3.8) is 0 Å². The largest absolute Gasteiger partial charge is 0.390 e. The van der Waals surface area contributed by atoms with Crippen LogP contribution in [0.2, 0.25) is 0 Å². The molecule has 1 unspecified atom stereocenters. The molecule has 1 heterocycles.